The van der Waals surface area contributed by atoms with E-state index in [9.17, 15) is 4.79 Å². The minimum atomic E-state index is -0.134. The van der Waals surface area contributed by atoms with Gasteiger partial charge in [-0.25, -0.2) is 0 Å². The topological polar surface area (TPSA) is 68.5 Å². The van der Waals surface area contributed by atoms with Crippen molar-refractivity contribution in [2.24, 2.45) is 0 Å². The molecule has 0 aliphatic heterocycles. The van der Waals surface area contributed by atoms with Crippen molar-refractivity contribution in [2.45, 2.75) is 6.54 Å². The van der Waals surface area contributed by atoms with Crippen LogP contribution < -0.4 is 4.74 Å². The van der Waals surface area contributed by atoms with Gasteiger partial charge in [0.25, 0.3) is 5.91 Å². The first-order valence-electron chi connectivity index (χ1n) is 7.55. The Morgan fingerprint density at radius 1 is 1.24 bits per heavy atom. The van der Waals surface area contributed by atoms with Crippen LogP contribution >= 0.6 is 15.9 Å². The van der Waals surface area contributed by atoms with E-state index in [1.165, 1.54) is 4.90 Å². The van der Waals surface area contributed by atoms with Gasteiger partial charge in [-0.2, -0.15) is 4.98 Å². The lowest BCUT2D eigenvalue weighted by Gasteiger charge is -2.14. The number of benzene rings is 2. The maximum atomic E-state index is 12.5. The molecule has 2 aromatic carbocycles. The number of rotatable bonds is 5. The number of amides is 1. The van der Waals surface area contributed by atoms with Crippen LogP contribution in [0, 0.1) is 0 Å². The fourth-order valence-electron chi connectivity index (χ4n) is 2.29. The lowest BCUT2D eigenvalue weighted by Crippen LogP contribution is -2.26. The number of hydrogen-bond acceptors (Lipinski definition) is 5. The van der Waals surface area contributed by atoms with Crippen molar-refractivity contribution in [1.82, 2.24) is 15.0 Å². The molecule has 7 heteroatoms. The van der Waals surface area contributed by atoms with E-state index in [1.807, 2.05) is 24.3 Å². The highest BCUT2D eigenvalue weighted by atomic mass is 79.9. The summed E-state index contributed by atoms with van der Waals surface area (Å²) in [6, 6.07) is 14.6. The van der Waals surface area contributed by atoms with E-state index in [4.69, 9.17) is 9.26 Å². The number of carbonyl (C=O) groups excluding carboxylic acids is 1. The van der Waals surface area contributed by atoms with Crippen LogP contribution in [0.25, 0.3) is 11.4 Å². The van der Waals surface area contributed by atoms with Gasteiger partial charge < -0.3 is 14.2 Å². The summed E-state index contributed by atoms with van der Waals surface area (Å²) in [6.07, 6.45) is 0. The molecule has 0 radical (unpaired) electrons. The fraction of sp³-hybridized carbons (Fsp3) is 0.167. The highest BCUT2D eigenvalue weighted by Gasteiger charge is 2.16. The Morgan fingerprint density at radius 3 is 2.68 bits per heavy atom. The molecule has 0 spiro atoms. The third kappa shape index (κ3) is 4.06. The van der Waals surface area contributed by atoms with E-state index >= 15 is 0 Å². The molecule has 3 aromatic rings. The molecular formula is C18H16BrN3O3. The monoisotopic (exact) mass is 401 g/mol. The third-order valence-corrected chi connectivity index (χ3v) is 4.10. The van der Waals surface area contributed by atoms with Crippen molar-refractivity contribution in [3.05, 3.63) is 64.5 Å². The Kier molecular flexibility index (Phi) is 5.14. The molecule has 0 N–H and O–H groups in total. The largest absolute Gasteiger partial charge is 0.497 e. The summed E-state index contributed by atoms with van der Waals surface area (Å²) in [4.78, 5) is 18.3. The molecule has 6 nitrogen and oxygen atoms in total. The van der Waals surface area contributed by atoms with Gasteiger partial charge in [0.15, 0.2) is 0 Å². The normalized spacial score (nSPS) is 10.5. The van der Waals surface area contributed by atoms with Crippen molar-refractivity contribution < 1.29 is 14.1 Å². The molecule has 0 aliphatic rings. The Balaban J connectivity index is 1.70. The second-order valence-corrected chi connectivity index (χ2v) is 6.33. The number of aromatic nitrogens is 2. The molecule has 1 amide bonds. The number of hydrogen-bond donors (Lipinski definition) is 0. The molecule has 0 unspecified atom stereocenters. The van der Waals surface area contributed by atoms with Gasteiger partial charge in [0.1, 0.15) is 5.75 Å². The molecule has 0 bridgehead atoms. The van der Waals surface area contributed by atoms with Crippen LogP contribution in [0.5, 0.6) is 5.75 Å². The molecule has 0 saturated heterocycles. The van der Waals surface area contributed by atoms with E-state index in [-0.39, 0.29) is 12.5 Å². The zero-order valence-electron chi connectivity index (χ0n) is 13.8. The van der Waals surface area contributed by atoms with Gasteiger partial charge in [-0.1, -0.05) is 33.2 Å². The SMILES string of the molecule is COc1ccc(C(=O)N(C)Cc2nc(-c3cccc(Br)c3)no2)cc1. The van der Waals surface area contributed by atoms with Crippen molar-refractivity contribution in [2.75, 3.05) is 14.2 Å². The van der Waals surface area contributed by atoms with Crippen molar-refractivity contribution in [3.8, 4) is 17.1 Å². The number of ether oxygens (including phenoxy) is 1. The van der Waals surface area contributed by atoms with Crippen molar-refractivity contribution in [3.63, 3.8) is 0 Å². The number of halogens is 1. The summed E-state index contributed by atoms with van der Waals surface area (Å²) in [5.41, 5.74) is 1.41. The van der Waals surface area contributed by atoms with E-state index in [0.29, 0.717) is 23.0 Å². The molecule has 128 valence electrons. The quantitative estimate of drug-likeness (QED) is 0.650. The second-order valence-electron chi connectivity index (χ2n) is 5.41. The zero-order valence-corrected chi connectivity index (χ0v) is 15.4. The smallest absolute Gasteiger partial charge is 0.254 e. The van der Waals surface area contributed by atoms with Crippen molar-refractivity contribution >= 4 is 21.8 Å². The van der Waals surface area contributed by atoms with Gasteiger partial charge in [-0.05, 0) is 36.4 Å². The van der Waals surface area contributed by atoms with Crippen LogP contribution in [0.1, 0.15) is 16.2 Å². The molecule has 0 fully saturated rings. The summed E-state index contributed by atoms with van der Waals surface area (Å²) in [7, 11) is 3.27. The highest BCUT2D eigenvalue weighted by molar-refractivity contribution is 9.10. The second kappa shape index (κ2) is 7.48. The van der Waals surface area contributed by atoms with Crippen LogP contribution in [0.3, 0.4) is 0 Å². The van der Waals surface area contributed by atoms with Crippen LogP contribution in [-0.4, -0.2) is 35.1 Å². The van der Waals surface area contributed by atoms with E-state index in [0.717, 1.165) is 10.0 Å². The molecule has 3 rings (SSSR count). The molecule has 0 saturated carbocycles. The fourth-order valence-corrected chi connectivity index (χ4v) is 2.69. The molecule has 0 aliphatic carbocycles. The Bertz CT molecular complexity index is 877. The lowest BCUT2D eigenvalue weighted by atomic mass is 10.2. The third-order valence-electron chi connectivity index (χ3n) is 3.61. The molecular weight excluding hydrogens is 386 g/mol. The standard InChI is InChI=1S/C18H16BrN3O3/c1-22(18(23)12-6-8-15(24-2)9-7-12)11-16-20-17(21-25-16)13-4-3-5-14(19)10-13/h3-10H,11H2,1-2H3. The summed E-state index contributed by atoms with van der Waals surface area (Å²) in [5.74, 6) is 1.43. The highest BCUT2D eigenvalue weighted by Crippen LogP contribution is 2.21. The van der Waals surface area contributed by atoms with Gasteiger partial charge >= 0.3 is 0 Å². The zero-order chi connectivity index (χ0) is 17.8. The number of methoxy groups -OCH3 is 1. The number of carbonyl (C=O) groups is 1. The predicted molar refractivity (Wildman–Crippen MR) is 96.2 cm³/mol. The van der Waals surface area contributed by atoms with E-state index < -0.39 is 0 Å². The average Bonchev–Trinajstić information content (AvgIpc) is 3.09. The summed E-state index contributed by atoms with van der Waals surface area (Å²) >= 11 is 3.41. The van der Waals surface area contributed by atoms with E-state index in [1.54, 1.807) is 38.4 Å². The maximum Gasteiger partial charge on any atom is 0.254 e. The Labute approximate surface area is 153 Å². The lowest BCUT2D eigenvalue weighted by molar-refractivity contribution is 0.0769. The van der Waals surface area contributed by atoms with Crippen molar-refractivity contribution in [1.29, 1.82) is 0 Å². The van der Waals surface area contributed by atoms with Gasteiger partial charge in [0, 0.05) is 22.6 Å². The van der Waals surface area contributed by atoms with Gasteiger partial charge in [0.2, 0.25) is 11.7 Å². The molecule has 1 heterocycles. The first-order valence-corrected chi connectivity index (χ1v) is 8.34. The first-order chi connectivity index (χ1) is 12.1. The Morgan fingerprint density at radius 2 is 2.00 bits per heavy atom. The Hall–Kier alpha value is -2.67. The van der Waals surface area contributed by atoms with Crippen LogP contribution in [0.2, 0.25) is 0 Å². The van der Waals surface area contributed by atoms with E-state index in [2.05, 4.69) is 26.1 Å². The summed E-state index contributed by atoms with van der Waals surface area (Å²) in [6.45, 7) is 0.228. The molecule has 25 heavy (non-hydrogen) atoms. The average molecular weight is 402 g/mol. The molecule has 1 aromatic heterocycles. The van der Waals surface area contributed by atoms with Gasteiger partial charge in [-0.3, -0.25) is 4.79 Å². The van der Waals surface area contributed by atoms with Gasteiger partial charge in [0.05, 0.1) is 13.7 Å². The minimum absolute atomic E-state index is 0.134. The predicted octanol–water partition coefficient (Wildman–Crippen LogP) is 3.78. The number of nitrogens with zero attached hydrogens (tertiary/aromatic N) is 3. The van der Waals surface area contributed by atoms with Crippen LogP contribution in [0.4, 0.5) is 0 Å². The minimum Gasteiger partial charge on any atom is -0.497 e. The summed E-state index contributed by atoms with van der Waals surface area (Å²) < 4.78 is 11.3. The van der Waals surface area contributed by atoms with Gasteiger partial charge in [-0.15, -0.1) is 0 Å². The summed E-state index contributed by atoms with van der Waals surface area (Å²) in [5, 5.41) is 3.97. The van der Waals surface area contributed by atoms with Crippen LogP contribution in [-0.2, 0) is 6.54 Å². The maximum absolute atomic E-state index is 12.5. The molecule has 0 atom stereocenters. The first kappa shape index (κ1) is 17.2. The van der Waals surface area contributed by atoms with Crippen LogP contribution in [0.15, 0.2) is 57.5 Å².